The summed E-state index contributed by atoms with van der Waals surface area (Å²) in [5.41, 5.74) is 1.09. The predicted octanol–water partition coefficient (Wildman–Crippen LogP) is 4.52. The molecule has 2 aromatic heterocycles. The number of alkyl halides is 3. The van der Waals surface area contributed by atoms with Gasteiger partial charge in [0.1, 0.15) is 10.8 Å². The number of hydrogen-bond acceptors (Lipinski definition) is 5. The number of hydrogen-bond donors (Lipinski definition) is 1. The van der Waals surface area contributed by atoms with Gasteiger partial charge in [-0.05, 0) is 38.3 Å². The van der Waals surface area contributed by atoms with E-state index in [0.717, 1.165) is 5.69 Å². The summed E-state index contributed by atoms with van der Waals surface area (Å²) < 4.78 is 43.9. The lowest BCUT2D eigenvalue weighted by Crippen LogP contribution is -2.41. The van der Waals surface area contributed by atoms with Crippen molar-refractivity contribution in [3.8, 4) is 0 Å². The first-order valence-corrected chi connectivity index (χ1v) is 9.69. The van der Waals surface area contributed by atoms with Crippen LogP contribution in [0.4, 0.5) is 13.2 Å². The zero-order valence-electron chi connectivity index (χ0n) is 14.8. The van der Waals surface area contributed by atoms with Crippen molar-refractivity contribution in [2.24, 2.45) is 5.92 Å². The molecule has 5 nitrogen and oxygen atoms in total. The van der Waals surface area contributed by atoms with E-state index in [1.807, 2.05) is 0 Å². The number of nitrogens with zero attached hydrogens (tertiary/aromatic N) is 2. The Bertz CT molecular complexity index is 794. The van der Waals surface area contributed by atoms with Crippen molar-refractivity contribution in [3.63, 3.8) is 0 Å². The predicted molar refractivity (Wildman–Crippen MR) is 94.3 cm³/mol. The Morgan fingerprint density at radius 1 is 1.41 bits per heavy atom. The topological polar surface area (TPSA) is 68.0 Å². The van der Waals surface area contributed by atoms with Crippen LogP contribution in [0, 0.1) is 12.8 Å². The minimum Gasteiger partial charge on any atom is -0.361 e. The van der Waals surface area contributed by atoms with Gasteiger partial charge in [0, 0.05) is 24.1 Å². The minimum absolute atomic E-state index is 0.0732. The highest BCUT2D eigenvalue weighted by atomic mass is 32.2. The Balaban J connectivity index is 1.64. The Labute approximate surface area is 159 Å². The van der Waals surface area contributed by atoms with E-state index >= 15 is 0 Å². The van der Waals surface area contributed by atoms with Crippen molar-refractivity contribution in [2.45, 2.75) is 55.6 Å². The molecule has 1 aliphatic carbocycles. The average Bonchev–Trinajstić information content (AvgIpc) is 3.05. The van der Waals surface area contributed by atoms with E-state index in [2.05, 4.69) is 15.5 Å². The van der Waals surface area contributed by atoms with Gasteiger partial charge in [-0.15, -0.1) is 0 Å². The highest BCUT2D eigenvalue weighted by Gasteiger charge is 2.42. The van der Waals surface area contributed by atoms with Crippen LogP contribution in [0.15, 0.2) is 33.9 Å². The summed E-state index contributed by atoms with van der Waals surface area (Å²) in [7, 11) is 0. The van der Waals surface area contributed by atoms with Crippen molar-refractivity contribution in [3.05, 3.63) is 41.4 Å². The van der Waals surface area contributed by atoms with Gasteiger partial charge in [0.15, 0.2) is 0 Å². The molecule has 1 aliphatic rings. The molecule has 2 atom stereocenters. The lowest BCUT2D eigenvalue weighted by molar-refractivity contribution is -0.183. The van der Waals surface area contributed by atoms with Crippen LogP contribution >= 0.6 is 11.8 Å². The maximum atomic E-state index is 13.0. The fraction of sp³-hybridized carbons (Fsp3) is 0.500. The highest BCUT2D eigenvalue weighted by Crippen LogP contribution is 2.37. The zero-order valence-corrected chi connectivity index (χ0v) is 15.6. The number of aromatic nitrogens is 2. The number of carbonyl (C=O) groups is 1. The molecule has 1 N–H and O–H groups in total. The normalized spacial score (nSPS) is 20.4. The molecule has 0 aliphatic heterocycles. The third kappa shape index (κ3) is 5.24. The zero-order chi connectivity index (χ0) is 19.4. The highest BCUT2D eigenvalue weighted by molar-refractivity contribution is 7.98. The van der Waals surface area contributed by atoms with Gasteiger partial charge in [-0.25, -0.2) is 4.98 Å². The van der Waals surface area contributed by atoms with E-state index in [9.17, 15) is 18.0 Å². The summed E-state index contributed by atoms with van der Waals surface area (Å²) in [5, 5.41) is 7.17. The first kappa shape index (κ1) is 19.7. The van der Waals surface area contributed by atoms with Gasteiger partial charge >= 0.3 is 6.18 Å². The molecule has 0 bridgehead atoms. The fourth-order valence-corrected chi connectivity index (χ4v) is 4.06. The lowest BCUT2D eigenvalue weighted by Gasteiger charge is -2.31. The Morgan fingerprint density at radius 2 is 2.22 bits per heavy atom. The summed E-state index contributed by atoms with van der Waals surface area (Å²) in [6.07, 6.45) is -1.58. The molecular weight excluding hydrogens is 379 g/mol. The molecule has 2 heterocycles. The molecule has 0 aromatic carbocycles. The molecular formula is C18H20F3N3O2S. The van der Waals surface area contributed by atoms with Crippen LogP contribution in [0.1, 0.15) is 47.5 Å². The number of nitrogens with one attached hydrogen (secondary N) is 1. The van der Waals surface area contributed by atoms with Crippen LogP contribution in [0.5, 0.6) is 0 Å². The Morgan fingerprint density at radius 3 is 2.93 bits per heavy atom. The van der Waals surface area contributed by atoms with E-state index in [1.54, 1.807) is 31.3 Å². The van der Waals surface area contributed by atoms with Crippen molar-refractivity contribution in [1.29, 1.82) is 0 Å². The molecule has 2 aromatic rings. The lowest BCUT2D eigenvalue weighted by atomic mass is 9.85. The van der Waals surface area contributed by atoms with Gasteiger partial charge in [-0.2, -0.15) is 13.2 Å². The Hall–Kier alpha value is -2.03. The van der Waals surface area contributed by atoms with Gasteiger partial charge < -0.3 is 9.84 Å². The largest absolute Gasteiger partial charge is 0.391 e. The van der Waals surface area contributed by atoms with E-state index < -0.39 is 24.0 Å². The standard InChI is InChI=1S/C18H20F3N3O2S/c1-11-8-14(24-26-11)10-27-17-15(6-3-7-22-17)16(25)23-13-5-2-4-12(9-13)18(19,20)21/h3,6-8,12-13H,2,4-5,9-10H2,1H3,(H,23,25)/t12-,13+/m1/s1. The molecule has 27 heavy (non-hydrogen) atoms. The van der Waals surface area contributed by atoms with E-state index in [0.29, 0.717) is 34.9 Å². The quantitative estimate of drug-likeness (QED) is 0.749. The van der Waals surface area contributed by atoms with Gasteiger partial charge in [0.05, 0.1) is 17.2 Å². The molecule has 3 rings (SSSR count). The van der Waals surface area contributed by atoms with Crippen molar-refractivity contribution < 1.29 is 22.5 Å². The van der Waals surface area contributed by atoms with Crippen LogP contribution in [0.3, 0.4) is 0 Å². The number of amides is 1. The average molecular weight is 399 g/mol. The summed E-state index contributed by atoms with van der Waals surface area (Å²) >= 11 is 1.33. The minimum atomic E-state index is -4.21. The van der Waals surface area contributed by atoms with Crippen molar-refractivity contribution >= 4 is 17.7 Å². The van der Waals surface area contributed by atoms with Crippen molar-refractivity contribution in [1.82, 2.24) is 15.5 Å². The molecule has 0 unspecified atom stereocenters. The van der Waals surface area contributed by atoms with Crippen LogP contribution < -0.4 is 5.32 Å². The number of rotatable bonds is 5. The number of pyridine rings is 1. The second kappa shape index (κ2) is 8.33. The van der Waals surface area contributed by atoms with Crippen LogP contribution in [0.2, 0.25) is 0 Å². The molecule has 0 spiro atoms. The monoisotopic (exact) mass is 399 g/mol. The number of halogens is 3. The van der Waals surface area contributed by atoms with Gasteiger partial charge in [0.2, 0.25) is 0 Å². The third-order valence-corrected chi connectivity index (χ3v) is 5.56. The Kier molecular flexibility index (Phi) is 6.08. The van der Waals surface area contributed by atoms with Gasteiger partial charge in [-0.3, -0.25) is 4.79 Å². The molecule has 9 heteroatoms. The van der Waals surface area contributed by atoms with Crippen LogP contribution in [0.25, 0.3) is 0 Å². The van der Waals surface area contributed by atoms with E-state index in [-0.39, 0.29) is 12.8 Å². The maximum Gasteiger partial charge on any atom is 0.391 e. The van der Waals surface area contributed by atoms with Gasteiger partial charge in [0.25, 0.3) is 5.91 Å². The SMILES string of the molecule is Cc1cc(CSc2ncccc2C(=O)N[C@H]2CCC[C@@H](C(F)(F)F)C2)no1. The molecule has 1 fully saturated rings. The molecule has 0 radical (unpaired) electrons. The second-order valence-electron chi connectivity index (χ2n) is 6.65. The van der Waals surface area contributed by atoms with E-state index in [1.165, 1.54) is 11.8 Å². The number of carbonyl (C=O) groups excluding carboxylic acids is 1. The third-order valence-electron chi connectivity index (χ3n) is 4.52. The van der Waals surface area contributed by atoms with Crippen LogP contribution in [-0.4, -0.2) is 28.3 Å². The fourth-order valence-electron chi connectivity index (χ4n) is 3.19. The van der Waals surface area contributed by atoms with Gasteiger partial charge in [-0.1, -0.05) is 23.3 Å². The first-order valence-electron chi connectivity index (χ1n) is 8.70. The maximum absolute atomic E-state index is 13.0. The molecule has 146 valence electrons. The summed E-state index contributed by atoms with van der Waals surface area (Å²) in [6, 6.07) is 4.59. The number of thioether (sulfide) groups is 1. The number of aryl methyl sites for hydroxylation is 1. The first-order chi connectivity index (χ1) is 12.8. The molecule has 1 saturated carbocycles. The smallest absolute Gasteiger partial charge is 0.361 e. The summed E-state index contributed by atoms with van der Waals surface area (Å²) in [4.78, 5) is 16.9. The van der Waals surface area contributed by atoms with Crippen LogP contribution in [-0.2, 0) is 5.75 Å². The summed E-state index contributed by atoms with van der Waals surface area (Å²) in [5.74, 6) is -0.570. The van der Waals surface area contributed by atoms with Crippen molar-refractivity contribution in [2.75, 3.05) is 0 Å². The second-order valence-corrected chi connectivity index (χ2v) is 7.61. The van der Waals surface area contributed by atoms with E-state index in [4.69, 9.17) is 4.52 Å². The summed E-state index contributed by atoms with van der Waals surface area (Å²) in [6.45, 7) is 1.79. The molecule has 0 saturated heterocycles. The molecule has 1 amide bonds.